The Morgan fingerprint density at radius 1 is 1.50 bits per heavy atom. The van der Waals surface area contributed by atoms with Gasteiger partial charge in [0, 0.05) is 16.7 Å². The summed E-state index contributed by atoms with van der Waals surface area (Å²) < 4.78 is 4.90. The second-order valence-corrected chi connectivity index (χ2v) is 4.07. The van der Waals surface area contributed by atoms with Crippen molar-refractivity contribution in [2.45, 2.75) is 6.92 Å². The highest BCUT2D eigenvalue weighted by Crippen LogP contribution is 2.15. The third-order valence-electron chi connectivity index (χ3n) is 2.28. The molecule has 1 heterocycles. The lowest BCUT2D eigenvalue weighted by atomic mass is 10.2. The van der Waals surface area contributed by atoms with Gasteiger partial charge in [-0.15, -0.1) is 0 Å². The van der Waals surface area contributed by atoms with E-state index in [-0.39, 0.29) is 16.9 Å². The lowest BCUT2D eigenvalue weighted by Crippen LogP contribution is -2.04. The maximum Gasteiger partial charge on any atom is 0.347 e. The molecule has 1 aromatic carbocycles. The predicted molar refractivity (Wildman–Crippen MR) is 66.6 cm³/mol. The molecule has 0 bridgehead atoms. The van der Waals surface area contributed by atoms with E-state index in [2.05, 4.69) is 4.98 Å². The molecule has 0 unspecified atom stereocenters. The zero-order valence-corrected chi connectivity index (χ0v) is 10.1. The highest BCUT2D eigenvalue weighted by atomic mass is 35.5. The number of carboxylic acid groups (broad SMARTS) is 1. The van der Waals surface area contributed by atoms with Crippen LogP contribution in [0.5, 0.6) is 0 Å². The molecule has 0 aliphatic rings. The van der Waals surface area contributed by atoms with Gasteiger partial charge in [-0.05, 0) is 25.1 Å². The third-order valence-corrected chi connectivity index (χ3v) is 2.52. The van der Waals surface area contributed by atoms with Gasteiger partial charge in [-0.1, -0.05) is 11.6 Å². The third kappa shape index (κ3) is 2.41. The van der Waals surface area contributed by atoms with Crippen molar-refractivity contribution in [3.63, 3.8) is 0 Å². The van der Waals surface area contributed by atoms with Crippen LogP contribution < -0.4 is 5.63 Å². The minimum Gasteiger partial charge on any atom is -0.478 e. The molecule has 1 N–H and O–H groups in total. The van der Waals surface area contributed by atoms with Gasteiger partial charge >= 0.3 is 11.6 Å². The Kier molecular flexibility index (Phi) is 3.16. The molecular formula is C12H8ClNO4. The Hall–Kier alpha value is -2.14. The van der Waals surface area contributed by atoms with Gasteiger partial charge in [0.25, 0.3) is 0 Å². The Morgan fingerprint density at radius 2 is 2.22 bits per heavy atom. The Balaban J connectivity index is 2.64. The van der Waals surface area contributed by atoms with E-state index in [0.717, 1.165) is 0 Å². The van der Waals surface area contributed by atoms with Gasteiger partial charge in [-0.25, -0.2) is 14.6 Å². The standard InChI is InChI=1S/C12H8ClNO4/c1-6(11(15)16)4-10-14-9-3-2-7(13)5-8(9)12(17)18-10/h2-5H,1H3,(H,15,16)/b6-4+. The predicted octanol–water partition coefficient (Wildman–Crippen LogP) is 2.33. The van der Waals surface area contributed by atoms with E-state index in [1.54, 1.807) is 12.1 Å². The molecular weight excluding hydrogens is 258 g/mol. The molecule has 0 fully saturated rings. The van der Waals surface area contributed by atoms with Gasteiger partial charge in [0.15, 0.2) is 0 Å². The summed E-state index contributed by atoms with van der Waals surface area (Å²) in [4.78, 5) is 26.4. The van der Waals surface area contributed by atoms with E-state index in [4.69, 9.17) is 21.1 Å². The second kappa shape index (κ2) is 4.62. The second-order valence-electron chi connectivity index (χ2n) is 3.63. The Bertz CT molecular complexity index is 718. The molecule has 0 saturated heterocycles. The van der Waals surface area contributed by atoms with E-state index in [1.807, 2.05) is 0 Å². The number of aromatic nitrogens is 1. The molecule has 0 amide bonds. The zero-order chi connectivity index (χ0) is 13.3. The molecule has 18 heavy (non-hydrogen) atoms. The lowest BCUT2D eigenvalue weighted by Gasteiger charge is -1.98. The fraction of sp³-hybridized carbons (Fsp3) is 0.0833. The van der Waals surface area contributed by atoms with Crippen LogP contribution in [0.15, 0.2) is 33.0 Å². The number of benzene rings is 1. The van der Waals surface area contributed by atoms with Crippen LogP contribution in [-0.4, -0.2) is 16.1 Å². The molecule has 2 rings (SSSR count). The van der Waals surface area contributed by atoms with Crippen molar-refractivity contribution in [2.24, 2.45) is 0 Å². The van der Waals surface area contributed by atoms with Crippen LogP contribution >= 0.6 is 11.6 Å². The molecule has 5 nitrogen and oxygen atoms in total. The van der Waals surface area contributed by atoms with Crippen LogP contribution in [0.4, 0.5) is 0 Å². The zero-order valence-electron chi connectivity index (χ0n) is 9.31. The van der Waals surface area contributed by atoms with Crippen molar-refractivity contribution < 1.29 is 14.3 Å². The number of nitrogens with zero attached hydrogens (tertiary/aromatic N) is 1. The molecule has 6 heteroatoms. The summed E-state index contributed by atoms with van der Waals surface area (Å²) in [6.45, 7) is 1.38. The van der Waals surface area contributed by atoms with E-state index in [1.165, 1.54) is 19.1 Å². The van der Waals surface area contributed by atoms with E-state index in [9.17, 15) is 9.59 Å². The number of carboxylic acids is 1. The molecule has 0 aliphatic heterocycles. The molecule has 1 aromatic heterocycles. The number of aliphatic carboxylic acids is 1. The first-order chi connectivity index (χ1) is 8.47. The molecule has 0 spiro atoms. The minimum absolute atomic E-state index is 0.0268. The lowest BCUT2D eigenvalue weighted by molar-refractivity contribution is -0.132. The number of rotatable bonds is 2. The van der Waals surface area contributed by atoms with Crippen LogP contribution in [0, 0.1) is 0 Å². The van der Waals surface area contributed by atoms with E-state index >= 15 is 0 Å². The number of halogens is 1. The maximum atomic E-state index is 11.7. The van der Waals surface area contributed by atoms with Crippen LogP contribution in [0.3, 0.4) is 0 Å². The fourth-order valence-corrected chi connectivity index (χ4v) is 1.54. The van der Waals surface area contributed by atoms with Gasteiger partial charge in [0.2, 0.25) is 5.89 Å². The summed E-state index contributed by atoms with van der Waals surface area (Å²) in [5.41, 5.74) is -0.175. The van der Waals surface area contributed by atoms with Crippen molar-refractivity contribution in [3.8, 4) is 0 Å². The van der Waals surface area contributed by atoms with Crippen molar-refractivity contribution in [2.75, 3.05) is 0 Å². The van der Waals surface area contributed by atoms with E-state index < -0.39 is 11.6 Å². The van der Waals surface area contributed by atoms with Gasteiger partial charge < -0.3 is 9.52 Å². The smallest absolute Gasteiger partial charge is 0.347 e. The normalized spacial score (nSPS) is 11.8. The van der Waals surface area contributed by atoms with Crippen LogP contribution in [0.1, 0.15) is 12.8 Å². The summed E-state index contributed by atoms with van der Waals surface area (Å²) in [5, 5.41) is 9.39. The van der Waals surface area contributed by atoms with Gasteiger partial charge in [0.05, 0.1) is 10.9 Å². The number of hydrogen-bond donors (Lipinski definition) is 1. The minimum atomic E-state index is -1.10. The van der Waals surface area contributed by atoms with Gasteiger partial charge in [-0.3, -0.25) is 0 Å². The molecule has 2 aromatic rings. The first kappa shape index (κ1) is 12.3. The fourth-order valence-electron chi connectivity index (χ4n) is 1.37. The summed E-state index contributed by atoms with van der Waals surface area (Å²) in [6, 6.07) is 4.61. The first-order valence-corrected chi connectivity index (χ1v) is 5.37. The molecule has 0 aliphatic carbocycles. The number of fused-ring (bicyclic) bond motifs is 1. The van der Waals surface area contributed by atoms with Crippen LogP contribution in [0.25, 0.3) is 17.0 Å². The number of carbonyl (C=O) groups is 1. The average Bonchev–Trinajstić information content (AvgIpc) is 2.30. The molecule has 0 radical (unpaired) electrons. The first-order valence-electron chi connectivity index (χ1n) is 4.99. The van der Waals surface area contributed by atoms with Crippen molar-refractivity contribution >= 4 is 34.5 Å². The highest BCUT2D eigenvalue weighted by molar-refractivity contribution is 6.31. The largest absolute Gasteiger partial charge is 0.478 e. The van der Waals surface area contributed by atoms with Crippen molar-refractivity contribution in [1.29, 1.82) is 0 Å². The highest BCUT2D eigenvalue weighted by Gasteiger charge is 2.07. The maximum absolute atomic E-state index is 11.7. The summed E-state index contributed by atoms with van der Waals surface area (Å²) in [6.07, 6.45) is 1.19. The van der Waals surface area contributed by atoms with Crippen molar-refractivity contribution in [1.82, 2.24) is 4.98 Å². The quantitative estimate of drug-likeness (QED) is 0.843. The van der Waals surface area contributed by atoms with Crippen molar-refractivity contribution in [3.05, 3.63) is 45.1 Å². The van der Waals surface area contributed by atoms with Gasteiger partial charge in [-0.2, -0.15) is 0 Å². The summed E-state index contributed by atoms with van der Waals surface area (Å²) >= 11 is 5.76. The SMILES string of the molecule is C/C(=C\c1nc2ccc(Cl)cc2c(=O)o1)C(=O)O. The topological polar surface area (TPSA) is 80.4 Å². The monoisotopic (exact) mass is 265 g/mol. The van der Waals surface area contributed by atoms with Crippen LogP contribution in [-0.2, 0) is 4.79 Å². The van der Waals surface area contributed by atoms with Gasteiger partial charge in [0.1, 0.15) is 0 Å². The average molecular weight is 266 g/mol. The molecule has 0 saturated carbocycles. The molecule has 0 atom stereocenters. The Morgan fingerprint density at radius 3 is 2.89 bits per heavy atom. The van der Waals surface area contributed by atoms with Crippen LogP contribution in [0.2, 0.25) is 5.02 Å². The Labute approximate surface area is 106 Å². The molecule has 92 valence electrons. The summed E-state index contributed by atoms with van der Waals surface area (Å²) in [5.74, 6) is -1.15. The summed E-state index contributed by atoms with van der Waals surface area (Å²) in [7, 11) is 0. The number of hydrogen-bond acceptors (Lipinski definition) is 4. The van der Waals surface area contributed by atoms with E-state index in [0.29, 0.717) is 10.5 Å².